The van der Waals surface area contributed by atoms with E-state index in [1.165, 1.54) is 4.90 Å². The molecule has 1 saturated heterocycles. The van der Waals surface area contributed by atoms with Gasteiger partial charge in [-0.25, -0.2) is 9.78 Å². The summed E-state index contributed by atoms with van der Waals surface area (Å²) in [7, 11) is 0. The minimum atomic E-state index is -1.11. The maximum atomic E-state index is 11.3. The highest BCUT2D eigenvalue weighted by atomic mass is 16.4. The molecule has 2 N–H and O–H groups in total. The molecule has 0 radical (unpaired) electrons. The van der Waals surface area contributed by atoms with Gasteiger partial charge in [0.05, 0.1) is 30.8 Å². The molecule has 1 aromatic heterocycles. The maximum absolute atomic E-state index is 11.3. The van der Waals surface area contributed by atoms with Crippen molar-refractivity contribution < 1.29 is 15.0 Å². The Morgan fingerprint density at radius 3 is 3.00 bits per heavy atom. The summed E-state index contributed by atoms with van der Waals surface area (Å²) in [5, 5.41) is 20.5. The molecular weight excluding hydrogens is 282 g/mol. The lowest BCUT2D eigenvalue weighted by Gasteiger charge is -2.42. The second kappa shape index (κ2) is 4.58. The number of benzene rings is 1. The fourth-order valence-electron chi connectivity index (χ4n) is 3.84. The zero-order valence-corrected chi connectivity index (χ0v) is 12.0. The zero-order valence-electron chi connectivity index (χ0n) is 12.0. The standard InChI is InChI=1S/C16H17N3O3/c20-15(21)18-7-3-6-16(22,9-18)14-12-5-2-1-4-11(12)13-8-17-10-19(13)14/h1-2,4-5,8,10,14,22H,3,6-7,9H2,(H,20,21)/t14-,16-/m1/s1. The lowest BCUT2D eigenvalue weighted by molar-refractivity contribution is -0.0509. The summed E-state index contributed by atoms with van der Waals surface area (Å²) >= 11 is 0. The van der Waals surface area contributed by atoms with E-state index >= 15 is 0 Å². The second-order valence-electron chi connectivity index (χ2n) is 6.09. The highest BCUT2D eigenvalue weighted by Gasteiger charge is 2.47. The van der Waals surface area contributed by atoms with E-state index in [1.54, 1.807) is 12.5 Å². The lowest BCUT2D eigenvalue weighted by atomic mass is 9.82. The molecule has 1 fully saturated rings. The van der Waals surface area contributed by atoms with Crippen LogP contribution in [-0.4, -0.2) is 49.4 Å². The summed E-state index contributed by atoms with van der Waals surface area (Å²) in [5.74, 6) is 0. The minimum absolute atomic E-state index is 0.124. The first-order valence-electron chi connectivity index (χ1n) is 7.41. The molecule has 3 heterocycles. The Hall–Kier alpha value is -2.34. The molecule has 2 atom stereocenters. The van der Waals surface area contributed by atoms with E-state index in [2.05, 4.69) is 4.98 Å². The molecule has 2 aliphatic rings. The molecule has 0 unspecified atom stereocenters. The number of piperidine rings is 1. The van der Waals surface area contributed by atoms with E-state index in [0.29, 0.717) is 19.4 Å². The van der Waals surface area contributed by atoms with Gasteiger partial charge in [-0.15, -0.1) is 0 Å². The molecule has 0 saturated carbocycles. The van der Waals surface area contributed by atoms with Gasteiger partial charge in [0.2, 0.25) is 0 Å². The summed E-state index contributed by atoms with van der Waals surface area (Å²) in [4.78, 5) is 16.8. The number of aliphatic hydroxyl groups is 1. The van der Waals surface area contributed by atoms with Crippen LogP contribution in [0.4, 0.5) is 4.79 Å². The Labute approximate surface area is 127 Å². The van der Waals surface area contributed by atoms with E-state index in [4.69, 9.17) is 0 Å². The normalized spacial score (nSPS) is 26.6. The third kappa shape index (κ3) is 1.77. The van der Waals surface area contributed by atoms with E-state index in [1.807, 2.05) is 28.8 Å². The van der Waals surface area contributed by atoms with E-state index in [0.717, 1.165) is 16.8 Å². The smallest absolute Gasteiger partial charge is 0.407 e. The summed E-state index contributed by atoms with van der Waals surface area (Å²) in [5.41, 5.74) is 1.96. The largest absolute Gasteiger partial charge is 0.465 e. The van der Waals surface area contributed by atoms with E-state index in [9.17, 15) is 15.0 Å². The van der Waals surface area contributed by atoms with Crippen LogP contribution >= 0.6 is 0 Å². The fraction of sp³-hybridized carbons (Fsp3) is 0.375. The highest BCUT2D eigenvalue weighted by molar-refractivity contribution is 5.70. The predicted molar refractivity (Wildman–Crippen MR) is 79.6 cm³/mol. The predicted octanol–water partition coefficient (Wildman–Crippen LogP) is 1.96. The molecule has 4 rings (SSSR count). The van der Waals surface area contributed by atoms with Crippen molar-refractivity contribution in [2.45, 2.75) is 24.5 Å². The zero-order chi connectivity index (χ0) is 15.3. The van der Waals surface area contributed by atoms with Gasteiger partial charge in [0.15, 0.2) is 0 Å². The van der Waals surface area contributed by atoms with Gasteiger partial charge in [-0.3, -0.25) is 0 Å². The molecular formula is C16H17N3O3. The highest BCUT2D eigenvalue weighted by Crippen LogP contribution is 2.46. The van der Waals surface area contributed by atoms with Crippen molar-refractivity contribution in [1.82, 2.24) is 14.5 Å². The van der Waals surface area contributed by atoms with Gasteiger partial charge in [-0.1, -0.05) is 24.3 Å². The molecule has 2 aromatic rings. The number of β-amino-alcohol motifs (C(OH)–C–C–N with tert-alkyl or cyclic N) is 1. The summed E-state index contributed by atoms with van der Waals surface area (Å²) in [6, 6.07) is 7.65. The number of hydrogen-bond donors (Lipinski definition) is 2. The second-order valence-corrected chi connectivity index (χ2v) is 6.09. The van der Waals surface area contributed by atoms with Gasteiger partial charge in [0.25, 0.3) is 0 Å². The maximum Gasteiger partial charge on any atom is 0.407 e. The first-order chi connectivity index (χ1) is 10.6. The third-order valence-corrected chi connectivity index (χ3v) is 4.76. The van der Waals surface area contributed by atoms with Gasteiger partial charge in [-0.2, -0.15) is 0 Å². The molecule has 22 heavy (non-hydrogen) atoms. The van der Waals surface area contributed by atoms with Crippen molar-refractivity contribution in [1.29, 1.82) is 0 Å². The van der Waals surface area contributed by atoms with Crippen molar-refractivity contribution in [2.24, 2.45) is 0 Å². The third-order valence-electron chi connectivity index (χ3n) is 4.76. The van der Waals surface area contributed by atoms with Crippen LogP contribution in [0.5, 0.6) is 0 Å². The summed E-state index contributed by atoms with van der Waals surface area (Å²) in [6.07, 6.45) is 3.77. The van der Waals surface area contributed by atoms with Gasteiger partial charge in [-0.05, 0) is 18.4 Å². The number of likely N-dealkylation sites (tertiary alicyclic amines) is 1. The molecule has 1 amide bonds. The van der Waals surface area contributed by atoms with Gasteiger partial charge in [0, 0.05) is 12.1 Å². The first-order valence-corrected chi connectivity index (χ1v) is 7.41. The number of carboxylic acid groups (broad SMARTS) is 1. The van der Waals surface area contributed by atoms with E-state index < -0.39 is 11.7 Å². The Morgan fingerprint density at radius 2 is 2.18 bits per heavy atom. The summed E-state index contributed by atoms with van der Waals surface area (Å²) < 4.78 is 1.97. The SMILES string of the molecule is O=C(O)N1CCC[C@](O)([C@H]2c3ccccc3-c3cncn32)C1. The number of rotatable bonds is 1. The molecule has 0 bridgehead atoms. The Balaban J connectivity index is 1.81. The van der Waals surface area contributed by atoms with Crippen LogP contribution in [0.2, 0.25) is 0 Å². The number of imidazole rings is 1. The molecule has 114 valence electrons. The molecule has 0 spiro atoms. The van der Waals surface area contributed by atoms with Crippen LogP contribution < -0.4 is 0 Å². The number of carbonyl (C=O) groups is 1. The first kappa shape index (κ1) is 13.3. The number of fused-ring (bicyclic) bond motifs is 3. The van der Waals surface area contributed by atoms with E-state index in [-0.39, 0.29) is 12.6 Å². The van der Waals surface area contributed by atoms with Crippen LogP contribution in [0, 0.1) is 0 Å². The topological polar surface area (TPSA) is 78.6 Å². The average Bonchev–Trinajstić information content (AvgIpc) is 3.07. The minimum Gasteiger partial charge on any atom is -0.465 e. The molecule has 6 nitrogen and oxygen atoms in total. The van der Waals surface area contributed by atoms with Crippen molar-refractivity contribution in [3.05, 3.63) is 42.4 Å². The number of amides is 1. The molecule has 1 aromatic carbocycles. The monoisotopic (exact) mass is 299 g/mol. The Kier molecular flexibility index (Phi) is 2.77. The van der Waals surface area contributed by atoms with Crippen molar-refractivity contribution in [3.63, 3.8) is 0 Å². The van der Waals surface area contributed by atoms with Crippen LogP contribution in [0.15, 0.2) is 36.8 Å². The Bertz CT molecular complexity index is 742. The fourth-order valence-corrected chi connectivity index (χ4v) is 3.84. The van der Waals surface area contributed by atoms with Crippen molar-refractivity contribution >= 4 is 6.09 Å². The number of nitrogens with zero attached hydrogens (tertiary/aromatic N) is 3. The molecule has 0 aliphatic carbocycles. The molecule has 6 heteroatoms. The number of hydrogen-bond acceptors (Lipinski definition) is 3. The lowest BCUT2D eigenvalue weighted by Crippen LogP contribution is -2.54. The van der Waals surface area contributed by atoms with Crippen molar-refractivity contribution in [3.8, 4) is 11.3 Å². The molecule has 2 aliphatic heterocycles. The van der Waals surface area contributed by atoms with Crippen LogP contribution in [0.3, 0.4) is 0 Å². The average molecular weight is 299 g/mol. The van der Waals surface area contributed by atoms with Crippen LogP contribution in [-0.2, 0) is 0 Å². The van der Waals surface area contributed by atoms with Gasteiger partial charge in [0.1, 0.15) is 5.60 Å². The van der Waals surface area contributed by atoms with Gasteiger partial charge < -0.3 is 19.7 Å². The van der Waals surface area contributed by atoms with Crippen LogP contribution in [0.25, 0.3) is 11.3 Å². The van der Waals surface area contributed by atoms with Crippen molar-refractivity contribution in [2.75, 3.05) is 13.1 Å². The van der Waals surface area contributed by atoms with Crippen LogP contribution in [0.1, 0.15) is 24.4 Å². The quantitative estimate of drug-likeness (QED) is 0.843. The summed E-state index contributed by atoms with van der Waals surface area (Å²) in [6.45, 7) is 0.599. The Morgan fingerprint density at radius 1 is 1.36 bits per heavy atom. The van der Waals surface area contributed by atoms with Gasteiger partial charge >= 0.3 is 6.09 Å². The number of aromatic nitrogens is 2.